The first kappa shape index (κ1) is 21.9. The van der Waals surface area contributed by atoms with Gasteiger partial charge in [0.25, 0.3) is 5.69 Å². The predicted octanol–water partition coefficient (Wildman–Crippen LogP) is 5.48. The summed E-state index contributed by atoms with van der Waals surface area (Å²) in [4.78, 5) is 32.8. The highest BCUT2D eigenvalue weighted by Crippen LogP contribution is 2.37. The largest absolute Gasteiger partial charge is 0.352 e. The number of carbonyl (C=O) groups excluding carboxylic acids is 1. The smallest absolute Gasteiger partial charge is 0.287 e. The molecular weight excluding hydrogens is 334 g/mol. The van der Waals surface area contributed by atoms with E-state index in [2.05, 4.69) is 20.8 Å². The first-order chi connectivity index (χ1) is 12.5. The number of unbranched alkanes of at least 4 members (excludes halogenated alkanes) is 3. The first-order valence-corrected chi connectivity index (χ1v) is 9.63. The molecule has 146 valence electrons. The van der Waals surface area contributed by atoms with E-state index in [9.17, 15) is 14.9 Å². The summed E-state index contributed by atoms with van der Waals surface area (Å²) in [5, 5.41) is 11.9. The van der Waals surface area contributed by atoms with Gasteiger partial charge < -0.3 is 0 Å². The molecule has 0 fully saturated rings. The number of aryl methyl sites for hydroxylation is 1. The van der Waals surface area contributed by atoms with Crippen molar-refractivity contribution < 1.29 is 19.5 Å². The molecule has 0 saturated carbocycles. The lowest BCUT2D eigenvalue weighted by molar-refractivity contribution is -0.386. The first-order valence-electron chi connectivity index (χ1n) is 9.63. The maximum Gasteiger partial charge on any atom is 0.352 e. The molecule has 0 aliphatic rings. The molecule has 0 amide bonds. The van der Waals surface area contributed by atoms with Crippen molar-refractivity contribution in [2.24, 2.45) is 0 Å². The Morgan fingerprint density at radius 1 is 1.00 bits per heavy atom. The Labute approximate surface area is 156 Å². The van der Waals surface area contributed by atoms with Crippen molar-refractivity contribution in [3.63, 3.8) is 0 Å². The molecule has 1 rings (SSSR count). The zero-order chi connectivity index (χ0) is 19.5. The monoisotopic (exact) mass is 365 g/mol. The van der Waals surface area contributed by atoms with Gasteiger partial charge in [-0.1, -0.05) is 40.0 Å². The van der Waals surface area contributed by atoms with Crippen LogP contribution in [0.25, 0.3) is 0 Å². The summed E-state index contributed by atoms with van der Waals surface area (Å²) in [6.07, 6.45) is 7.37. The molecule has 6 nitrogen and oxygen atoms in total. The van der Waals surface area contributed by atoms with E-state index in [1.54, 1.807) is 6.07 Å². The van der Waals surface area contributed by atoms with E-state index in [-0.39, 0.29) is 10.6 Å². The summed E-state index contributed by atoms with van der Waals surface area (Å²) < 4.78 is 0. The van der Waals surface area contributed by atoms with Crippen LogP contribution in [0.1, 0.15) is 82.9 Å². The van der Waals surface area contributed by atoms with E-state index in [1.165, 1.54) is 6.92 Å². The van der Waals surface area contributed by atoms with Crippen LogP contribution in [0.3, 0.4) is 0 Å². The van der Waals surface area contributed by atoms with Crippen LogP contribution in [0.4, 0.5) is 5.69 Å². The fraction of sp³-hybridized carbons (Fsp3) is 0.650. The molecule has 0 bridgehead atoms. The lowest BCUT2D eigenvalue weighted by atomic mass is 9.91. The van der Waals surface area contributed by atoms with E-state index < -0.39 is 5.97 Å². The fourth-order valence-corrected chi connectivity index (χ4v) is 3.01. The zero-order valence-electron chi connectivity index (χ0n) is 16.4. The molecule has 26 heavy (non-hydrogen) atoms. The second kappa shape index (κ2) is 11.5. The third-order valence-corrected chi connectivity index (χ3v) is 4.35. The summed E-state index contributed by atoms with van der Waals surface area (Å²) in [5.74, 6) is -0.105. The van der Waals surface area contributed by atoms with Crippen LogP contribution in [0.15, 0.2) is 6.07 Å². The van der Waals surface area contributed by atoms with E-state index in [0.29, 0.717) is 30.6 Å². The Hall–Kier alpha value is -2.11. The summed E-state index contributed by atoms with van der Waals surface area (Å²) in [7, 11) is 0. The van der Waals surface area contributed by atoms with Crippen LogP contribution >= 0.6 is 0 Å². The van der Waals surface area contributed by atoms with Crippen molar-refractivity contribution in [2.75, 3.05) is 0 Å². The van der Waals surface area contributed by atoms with Gasteiger partial charge in [-0.2, -0.15) is 0 Å². The van der Waals surface area contributed by atoms with Crippen LogP contribution in [-0.4, -0.2) is 10.9 Å². The standard InChI is InChI=1S/C20H31NO5/c1-5-8-11-16-14-19(26-25-15(4)22)17(12-9-6-2)18(13-10-7-3)20(16)21(23)24/h14H,5-13H2,1-4H3. The normalized spacial score (nSPS) is 10.6. The molecule has 0 aromatic heterocycles. The van der Waals surface area contributed by atoms with Crippen LogP contribution in [-0.2, 0) is 28.9 Å². The zero-order valence-corrected chi connectivity index (χ0v) is 16.4. The highest BCUT2D eigenvalue weighted by atomic mass is 17.2. The average Bonchev–Trinajstić information content (AvgIpc) is 2.60. The van der Waals surface area contributed by atoms with Crippen molar-refractivity contribution in [1.82, 2.24) is 0 Å². The minimum absolute atomic E-state index is 0.216. The fourth-order valence-electron chi connectivity index (χ4n) is 3.01. The van der Waals surface area contributed by atoms with Gasteiger partial charge in [0.1, 0.15) is 0 Å². The Morgan fingerprint density at radius 2 is 1.54 bits per heavy atom. The number of rotatable bonds is 12. The van der Waals surface area contributed by atoms with Crippen molar-refractivity contribution in [2.45, 2.75) is 85.5 Å². The number of nitro groups is 1. The summed E-state index contributed by atoms with van der Waals surface area (Å²) in [6.45, 7) is 7.46. The number of hydrogen-bond acceptors (Lipinski definition) is 5. The van der Waals surface area contributed by atoms with Gasteiger partial charge in [-0.05, 0) is 44.6 Å². The lowest BCUT2D eigenvalue weighted by Crippen LogP contribution is -2.11. The van der Waals surface area contributed by atoms with Gasteiger partial charge in [0, 0.05) is 23.6 Å². The third kappa shape index (κ3) is 6.32. The van der Waals surface area contributed by atoms with Crippen LogP contribution < -0.4 is 4.89 Å². The third-order valence-electron chi connectivity index (χ3n) is 4.35. The van der Waals surface area contributed by atoms with Gasteiger partial charge in [0.05, 0.1) is 4.92 Å². The maximum atomic E-state index is 11.9. The van der Waals surface area contributed by atoms with Crippen molar-refractivity contribution in [3.05, 3.63) is 32.9 Å². The Bertz CT molecular complexity index is 613. The molecule has 0 aliphatic heterocycles. The van der Waals surface area contributed by atoms with Crippen molar-refractivity contribution in [1.29, 1.82) is 0 Å². The average molecular weight is 365 g/mol. The van der Waals surface area contributed by atoms with Crippen LogP contribution in [0.5, 0.6) is 5.75 Å². The van der Waals surface area contributed by atoms with E-state index in [0.717, 1.165) is 49.7 Å². The van der Waals surface area contributed by atoms with Gasteiger partial charge in [0.2, 0.25) is 0 Å². The minimum atomic E-state index is -0.546. The lowest BCUT2D eigenvalue weighted by Gasteiger charge is -2.17. The molecule has 0 radical (unpaired) electrons. The van der Waals surface area contributed by atoms with Gasteiger partial charge in [-0.3, -0.25) is 19.9 Å². The summed E-state index contributed by atoms with van der Waals surface area (Å²) in [5.41, 5.74) is 2.41. The second-order valence-electron chi connectivity index (χ2n) is 6.57. The van der Waals surface area contributed by atoms with E-state index in [4.69, 9.17) is 9.78 Å². The van der Waals surface area contributed by atoms with Crippen LogP contribution in [0, 0.1) is 10.1 Å². The molecule has 1 aromatic carbocycles. The molecule has 0 unspecified atom stereocenters. The van der Waals surface area contributed by atoms with Crippen molar-refractivity contribution in [3.8, 4) is 5.75 Å². The highest BCUT2D eigenvalue weighted by Gasteiger charge is 2.26. The van der Waals surface area contributed by atoms with Gasteiger partial charge >= 0.3 is 5.97 Å². The summed E-state index contributed by atoms with van der Waals surface area (Å²) in [6, 6.07) is 1.69. The molecule has 0 aliphatic carbocycles. The number of carbonyl (C=O) groups is 1. The molecule has 0 N–H and O–H groups in total. The molecular formula is C20H31NO5. The molecule has 0 atom stereocenters. The highest BCUT2D eigenvalue weighted by molar-refractivity contribution is 5.65. The maximum absolute atomic E-state index is 11.9. The topological polar surface area (TPSA) is 78.7 Å². The number of benzene rings is 1. The van der Waals surface area contributed by atoms with E-state index in [1.807, 2.05) is 0 Å². The van der Waals surface area contributed by atoms with Gasteiger partial charge in [-0.25, -0.2) is 4.79 Å². The predicted molar refractivity (Wildman–Crippen MR) is 101 cm³/mol. The number of nitrogens with zero attached hydrogens (tertiary/aromatic N) is 1. The Kier molecular flexibility index (Phi) is 9.70. The van der Waals surface area contributed by atoms with E-state index >= 15 is 0 Å². The molecule has 0 heterocycles. The second-order valence-corrected chi connectivity index (χ2v) is 6.57. The van der Waals surface area contributed by atoms with Gasteiger partial charge in [0.15, 0.2) is 5.75 Å². The molecule has 0 saturated heterocycles. The molecule has 1 aromatic rings. The molecule has 0 spiro atoms. The minimum Gasteiger partial charge on any atom is -0.287 e. The SMILES string of the molecule is CCCCc1cc(OOC(C)=O)c(CCCC)c(CCCC)c1[N+](=O)[O-]. The molecule has 6 heteroatoms. The Balaban J connectivity index is 3.52. The quantitative estimate of drug-likeness (QED) is 0.278. The van der Waals surface area contributed by atoms with Crippen molar-refractivity contribution >= 4 is 11.7 Å². The Morgan fingerprint density at radius 3 is 2.04 bits per heavy atom. The number of hydrogen-bond donors (Lipinski definition) is 0. The van der Waals surface area contributed by atoms with Gasteiger partial charge in [-0.15, -0.1) is 0 Å². The summed E-state index contributed by atoms with van der Waals surface area (Å²) >= 11 is 0. The van der Waals surface area contributed by atoms with Crippen LogP contribution in [0.2, 0.25) is 0 Å². The number of nitro benzene ring substituents is 1.